The normalized spacial score (nSPS) is 15.4. The van der Waals surface area contributed by atoms with Gasteiger partial charge in [-0.2, -0.15) is 0 Å². The fourth-order valence-electron chi connectivity index (χ4n) is 3.26. The third-order valence-corrected chi connectivity index (χ3v) is 5.51. The summed E-state index contributed by atoms with van der Waals surface area (Å²) >= 11 is 1.79. The van der Waals surface area contributed by atoms with Crippen LogP contribution in [0.5, 0.6) is 0 Å². The van der Waals surface area contributed by atoms with Gasteiger partial charge in [-0.15, -0.1) is 11.3 Å². The van der Waals surface area contributed by atoms with Crippen LogP contribution in [0.2, 0.25) is 0 Å². The summed E-state index contributed by atoms with van der Waals surface area (Å²) in [5.74, 6) is 0. The largest absolute Gasteiger partial charge is 0.322 e. The molecule has 0 spiro atoms. The molecule has 1 saturated heterocycles. The zero-order chi connectivity index (χ0) is 17.1. The molecule has 5 heteroatoms. The molecule has 1 aliphatic heterocycles. The van der Waals surface area contributed by atoms with Gasteiger partial charge in [-0.25, -0.2) is 4.79 Å². The van der Waals surface area contributed by atoms with Gasteiger partial charge in [0.15, 0.2) is 0 Å². The second-order valence-corrected chi connectivity index (χ2v) is 7.33. The highest BCUT2D eigenvalue weighted by Gasteiger charge is 2.21. The Kier molecular flexibility index (Phi) is 4.68. The summed E-state index contributed by atoms with van der Waals surface area (Å²) in [6.45, 7) is 4.35. The lowest BCUT2D eigenvalue weighted by atomic mass is 10.1. The lowest BCUT2D eigenvalue weighted by molar-refractivity contribution is 0.143. The van der Waals surface area contributed by atoms with Crippen molar-refractivity contribution in [2.75, 3.05) is 31.5 Å². The van der Waals surface area contributed by atoms with Gasteiger partial charge in [0, 0.05) is 43.0 Å². The topological polar surface area (TPSA) is 35.6 Å². The van der Waals surface area contributed by atoms with Crippen LogP contribution in [-0.2, 0) is 6.54 Å². The van der Waals surface area contributed by atoms with Crippen LogP contribution >= 0.6 is 11.3 Å². The third-order valence-electron chi connectivity index (χ3n) is 4.65. The van der Waals surface area contributed by atoms with Gasteiger partial charge in [-0.05, 0) is 22.9 Å². The number of fused-ring (bicyclic) bond motifs is 1. The van der Waals surface area contributed by atoms with E-state index < -0.39 is 0 Å². The second-order valence-electron chi connectivity index (χ2n) is 6.30. The average Bonchev–Trinajstić information content (AvgIpc) is 3.16. The number of piperazine rings is 1. The molecule has 1 aliphatic rings. The van der Waals surface area contributed by atoms with Crippen LogP contribution in [0.4, 0.5) is 10.5 Å². The molecule has 4 rings (SSSR count). The second kappa shape index (κ2) is 7.25. The molecule has 2 heterocycles. The van der Waals surface area contributed by atoms with Crippen LogP contribution in [0, 0.1) is 0 Å². The predicted molar refractivity (Wildman–Crippen MR) is 104 cm³/mol. The number of anilines is 1. The van der Waals surface area contributed by atoms with Gasteiger partial charge < -0.3 is 10.2 Å². The molecule has 0 aliphatic carbocycles. The molecule has 1 aromatic heterocycles. The summed E-state index contributed by atoms with van der Waals surface area (Å²) in [6.07, 6.45) is 0. The Hall–Kier alpha value is -2.37. The first kappa shape index (κ1) is 16.1. The molecule has 2 aromatic carbocycles. The lowest BCUT2D eigenvalue weighted by Crippen LogP contribution is -2.49. The molecule has 2 amide bonds. The minimum Gasteiger partial charge on any atom is -0.322 e. The number of nitrogens with one attached hydrogen (secondary N) is 1. The highest BCUT2D eigenvalue weighted by Crippen LogP contribution is 2.23. The maximum atomic E-state index is 12.6. The maximum absolute atomic E-state index is 12.6. The molecule has 0 saturated carbocycles. The molecule has 1 N–H and O–H groups in total. The number of hydrogen-bond donors (Lipinski definition) is 1. The Bertz CT molecular complexity index is 849. The van der Waals surface area contributed by atoms with E-state index in [0.29, 0.717) is 0 Å². The summed E-state index contributed by atoms with van der Waals surface area (Å²) in [7, 11) is 0. The zero-order valence-corrected chi connectivity index (χ0v) is 14.8. The van der Waals surface area contributed by atoms with Crippen molar-refractivity contribution < 1.29 is 4.79 Å². The fourth-order valence-corrected chi connectivity index (χ4v) is 4.01. The van der Waals surface area contributed by atoms with Gasteiger partial charge in [0.2, 0.25) is 0 Å². The molecular weight excluding hydrogens is 330 g/mol. The number of carbonyl (C=O) groups is 1. The standard InChI is InChI=1S/C20H21N3OS/c24-20(21-19-9-3-6-16-5-1-2-8-18(16)19)23-12-10-22(11-13-23)15-17-7-4-14-25-17/h1-9,14H,10-13,15H2,(H,21,24). The van der Waals surface area contributed by atoms with Crippen molar-refractivity contribution in [3.05, 3.63) is 64.9 Å². The fraction of sp³-hybridized carbons (Fsp3) is 0.250. The van der Waals surface area contributed by atoms with Crippen LogP contribution < -0.4 is 5.32 Å². The van der Waals surface area contributed by atoms with Crippen LogP contribution in [0.15, 0.2) is 60.0 Å². The summed E-state index contributed by atoms with van der Waals surface area (Å²) < 4.78 is 0. The van der Waals surface area contributed by atoms with E-state index in [2.05, 4.69) is 39.9 Å². The average molecular weight is 351 g/mol. The van der Waals surface area contributed by atoms with Crippen molar-refractivity contribution >= 4 is 33.8 Å². The number of carbonyl (C=O) groups excluding carboxylic acids is 1. The van der Waals surface area contributed by atoms with E-state index in [1.54, 1.807) is 11.3 Å². The number of amides is 2. The van der Waals surface area contributed by atoms with Gasteiger partial charge in [-0.1, -0.05) is 42.5 Å². The SMILES string of the molecule is O=C(Nc1cccc2ccccc12)N1CCN(Cc2cccs2)CC1. The van der Waals surface area contributed by atoms with Gasteiger partial charge in [0.1, 0.15) is 0 Å². The molecule has 0 bridgehead atoms. The Morgan fingerprint density at radius 2 is 1.76 bits per heavy atom. The van der Waals surface area contributed by atoms with Crippen molar-refractivity contribution in [2.24, 2.45) is 0 Å². The molecule has 4 nitrogen and oxygen atoms in total. The third kappa shape index (κ3) is 3.67. The van der Waals surface area contributed by atoms with E-state index in [9.17, 15) is 4.79 Å². The minimum atomic E-state index is -0.00729. The predicted octanol–water partition coefficient (Wildman–Crippen LogP) is 4.25. The van der Waals surface area contributed by atoms with E-state index in [-0.39, 0.29) is 6.03 Å². The van der Waals surface area contributed by atoms with Crippen LogP contribution in [0.25, 0.3) is 10.8 Å². The number of thiophene rings is 1. The molecule has 128 valence electrons. The summed E-state index contributed by atoms with van der Waals surface area (Å²) in [5.41, 5.74) is 0.879. The Labute approximate surface area is 151 Å². The van der Waals surface area contributed by atoms with E-state index in [4.69, 9.17) is 0 Å². The number of nitrogens with zero attached hydrogens (tertiary/aromatic N) is 2. The van der Waals surface area contributed by atoms with Crippen molar-refractivity contribution in [3.8, 4) is 0 Å². The quantitative estimate of drug-likeness (QED) is 0.766. The van der Waals surface area contributed by atoms with Crippen LogP contribution in [-0.4, -0.2) is 42.0 Å². The Morgan fingerprint density at radius 3 is 2.56 bits per heavy atom. The maximum Gasteiger partial charge on any atom is 0.321 e. The van der Waals surface area contributed by atoms with Crippen molar-refractivity contribution in [1.82, 2.24) is 9.80 Å². The number of hydrogen-bond acceptors (Lipinski definition) is 3. The first-order chi connectivity index (χ1) is 12.3. The van der Waals surface area contributed by atoms with Gasteiger partial charge in [0.25, 0.3) is 0 Å². The summed E-state index contributed by atoms with van der Waals surface area (Å²) in [6, 6.07) is 18.4. The smallest absolute Gasteiger partial charge is 0.321 e. The van der Waals surface area contributed by atoms with Crippen molar-refractivity contribution in [3.63, 3.8) is 0 Å². The molecule has 0 atom stereocenters. The lowest BCUT2D eigenvalue weighted by Gasteiger charge is -2.34. The molecule has 0 unspecified atom stereocenters. The first-order valence-electron chi connectivity index (χ1n) is 8.58. The van der Waals surface area contributed by atoms with Gasteiger partial charge in [0.05, 0.1) is 5.69 Å². The van der Waals surface area contributed by atoms with Crippen LogP contribution in [0.1, 0.15) is 4.88 Å². The van der Waals surface area contributed by atoms with E-state index in [1.165, 1.54) is 4.88 Å². The minimum absolute atomic E-state index is 0.00729. The molecule has 1 fully saturated rings. The van der Waals surface area contributed by atoms with Crippen molar-refractivity contribution in [2.45, 2.75) is 6.54 Å². The van der Waals surface area contributed by atoms with Gasteiger partial charge in [-0.3, -0.25) is 4.90 Å². The summed E-state index contributed by atoms with van der Waals surface area (Å²) in [5, 5.41) is 7.42. The van der Waals surface area contributed by atoms with Gasteiger partial charge >= 0.3 is 6.03 Å². The van der Waals surface area contributed by atoms with Crippen molar-refractivity contribution in [1.29, 1.82) is 0 Å². The Morgan fingerprint density at radius 1 is 0.960 bits per heavy atom. The van der Waals surface area contributed by atoms with E-state index >= 15 is 0 Å². The van der Waals surface area contributed by atoms with Crippen LogP contribution in [0.3, 0.4) is 0 Å². The first-order valence-corrected chi connectivity index (χ1v) is 9.46. The highest BCUT2D eigenvalue weighted by atomic mass is 32.1. The highest BCUT2D eigenvalue weighted by molar-refractivity contribution is 7.09. The van der Waals surface area contributed by atoms with E-state index in [0.717, 1.165) is 49.2 Å². The number of urea groups is 1. The zero-order valence-electron chi connectivity index (χ0n) is 14.0. The van der Waals surface area contributed by atoms with E-state index in [1.807, 2.05) is 35.2 Å². The molecule has 3 aromatic rings. The monoisotopic (exact) mass is 351 g/mol. The molecular formula is C20H21N3OS. The summed E-state index contributed by atoms with van der Waals surface area (Å²) in [4.78, 5) is 18.3. The number of rotatable bonds is 3. The Balaban J connectivity index is 1.37. The number of benzene rings is 2. The molecule has 25 heavy (non-hydrogen) atoms. The molecule has 0 radical (unpaired) electrons.